The predicted octanol–water partition coefficient (Wildman–Crippen LogP) is 5.99. The summed E-state index contributed by atoms with van der Waals surface area (Å²) in [6.07, 6.45) is 4.00. The highest BCUT2D eigenvalue weighted by Crippen LogP contribution is 2.35. The summed E-state index contributed by atoms with van der Waals surface area (Å²) in [6.45, 7) is 7.94. The zero-order valence-corrected chi connectivity index (χ0v) is 24.4. The van der Waals surface area contributed by atoms with Crippen LogP contribution in [0.4, 0.5) is 0 Å². The van der Waals surface area contributed by atoms with E-state index in [0.717, 1.165) is 54.1 Å². The van der Waals surface area contributed by atoms with Crippen molar-refractivity contribution in [2.75, 3.05) is 26.3 Å². The number of ether oxygens (including phenoxy) is 1. The van der Waals surface area contributed by atoms with Gasteiger partial charge in [0.15, 0.2) is 5.78 Å². The summed E-state index contributed by atoms with van der Waals surface area (Å²) in [7, 11) is 0. The second kappa shape index (κ2) is 13.4. The minimum atomic E-state index is -0.642. The van der Waals surface area contributed by atoms with Crippen molar-refractivity contribution >= 4 is 40.8 Å². The fraction of sp³-hybridized carbons (Fsp3) is 0.500. The normalized spacial score (nSPS) is 21.0. The van der Waals surface area contributed by atoms with Gasteiger partial charge < -0.3 is 14.7 Å². The maximum Gasteiger partial charge on any atom is 0.331 e. The molecule has 2 atom stereocenters. The Morgan fingerprint density at radius 1 is 1.10 bits per heavy atom. The van der Waals surface area contributed by atoms with Gasteiger partial charge in [0.1, 0.15) is 0 Å². The first-order valence-corrected chi connectivity index (χ1v) is 14.7. The zero-order valence-electron chi connectivity index (χ0n) is 22.8. The predicted molar refractivity (Wildman–Crippen MR) is 154 cm³/mol. The quantitative estimate of drug-likeness (QED) is 0.171. The third-order valence-electron chi connectivity index (χ3n) is 7.58. The number of morpholine rings is 1. The van der Waals surface area contributed by atoms with Gasteiger partial charge in [0.2, 0.25) is 0 Å². The van der Waals surface area contributed by atoms with Crippen LogP contribution in [-0.2, 0) is 14.4 Å². The van der Waals surface area contributed by atoms with E-state index in [2.05, 4.69) is 10.1 Å². The summed E-state index contributed by atoms with van der Waals surface area (Å²) in [5.41, 5.74) is 1.44. The van der Waals surface area contributed by atoms with E-state index in [1.54, 1.807) is 6.07 Å². The van der Waals surface area contributed by atoms with Crippen molar-refractivity contribution in [1.82, 2.24) is 4.90 Å². The number of carbonyl (C=O) groups excluding carboxylic acids is 2. The van der Waals surface area contributed by atoms with Gasteiger partial charge in [-0.3, -0.25) is 9.69 Å². The molecular formula is C30H37ClN2O5S. The second-order valence-corrected chi connectivity index (χ2v) is 12.2. The molecule has 2 fully saturated rings. The Labute approximate surface area is 239 Å². The molecule has 0 aromatic heterocycles. The number of aliphatic hydroxyl groups excluding tert-OH is 1. The lowest BCUT2D eigenvalue weighted by Gasteiger charge is -2.39. The molecule has 2 aromatic carbocycles. The molecule has 39 heavy (non-hydrogen) atoms. The summed E-state index contributed by atoms with van der Waals surface area (Å²) in [5, 5.41) is 15.1. The molecule has 0 radical (unpaired) electrons. The Hall–Kier alpha value is -2.23. The van der Waals surface area contributed by atoms with E-state index in [4.69, 9.17) is 21.2 Å². The molecule has 2 aromatic rings. The van der Waals surface area contributed by atoms with Crippen molar-refractivity contribution in [1.29, 1.82) is 0 Å². The molecule has 4 rings (SSSR count). The van der Waals surface area contributed by atoms with Gasteiger partial charge in [-0.05, 0) is 68.9 Å². The fourth-order valence-corrected chi connectivity index (χ4v) is 6.30. The maximum atomic E-state index is 13.3. The van der Waals surface area contributed by atoms with Gasteiger partial charge in [0, 0.05) is 35.4 Å². The van der Waals surface area contributed by atoms with Crippen molar-refractivity contribution in [2.45, 2.75) is 74.3 Å². The number of hydrogen-bond acceptors (Lipinski definition) is 8. The van der Waals surface area contributed by atoms with Crippen LogP contribution in [0.15, 0.2) is 57.4 Å². The number of oxime groups is 1. The number of aliphatic hydroxyl groups is 1. The van der Waals surface area contributed by atoms with Crippen molar-refractivity contribution in [3.63, 3.8) is 0 Å². The van der Waals surface area contributed by atoms with Gasteiger partial charge in [-0.25, -0.2) is 4.79 Å². The van der Waals surface area contributed by atoms with E-state index in [1.807, 2.05) is 50.2 Å². The highest BCUT2D eigenvalue weighted by Gasteiger charge is 2.36. The second-order valence-electron chi connectivity index (χ2n) is 10.7. The van der Waals surface area contributed by atoms with Crippen molar-refractivity contribution in [2.24, 2.45) is 11.1 Å². The number of rotatable bonds is 9. The lowest BCUT2D eigenvalue weighted by atomic mass is 9.82. The molecule has 1 saturated carbocycles. The molecule has 1 aliphatic carbocycles. The highest BCUT2D eigenvalue weighted by atomic mass is 35.5. The molecule has 2 aliphatic rings. The van der Waals surface area contributed by atoms with Gasteiger partial charge in [-0.2, -0.15) is 0 Å². The topological polar surface area (TPSA) is 88.4 Å². The molecule has 210 valence electrons. The smallest absolute Gasteiger partial charge is 0.331 e. The van der Waals surface area contributed by atoms with Gasteiger partial charge in [-0.1, -0.05) is 59.6 Å². The first-order chi connectivity index (χ1) is 18.6. The van der Waals surface area contributed by atoms with E-state index in [0.29, 0.717) is 35.9 Å². The number of hydrogen-bond donors (Lipinski definition) is 1. The first kappa shape index (κ1) is 29.7. The first-order valence-electron chi connectivity index (χ1n) is 13.5. The molecule has 9 heteroatoms. The van der Waals surface area contributed by atoms with E-state index in [9.17, 15) is 14.7 Å². The molecule has 2 unspecified atom stereocenters. The number of halogens is 1. The largest absolute Gasteiger partial charge is 0.393 e. The summed E-state index contributed by atoms with van der Waals surface area (Å²) in [6, 6.07) is 13.3. The number of ketones is 1. The number of Topliss-reactive ketones (excluding diaryl/α,β-unsaturated/α-hetero) is 1. The van der Waals surface area contributed by atoms with E-state index < -0.39 is 11.5 Å². The lowest BCUT2D eigenvalue weighted by Crippen LogP contribution is -2.54. The third-order valence-corrected chi connectivity index (χ3v) is 9.08. The monoisotopic (exact) mass is 572 g/mol. The van der Waals surface area contributed by atoms with E-state index in [-0.39, 0.29) is 17.8 Å². The third kappa shape index (κ3) is 7.70. The van der Waals surface area contributed by atoms with Crippen LogP contribution in [0.5, 0.6) is 0 Å². The molecule has 1 heterocycles. The fourth-order valence-electron chi connectivity index (χ4n) is 5.19. The molecule has 0 amide bonds. The van der Waals surface area contributed by atoms with Crippen LogP contribution in [0.25, 0.3) is 0 Å². The maximum absolute atomic E-state index is 13.3. The van der Waals surface area contributed by atoms with Crippen LogP contribution in [0.3, 0.4) is 0 Å². The zero-order chi connectivity index (χ0) is 28.0. The summed E-state index contributed by atoms with van der Waals surface area (Å²) >= 11 is 8.15. The molecule has 0 bridgehead atoms. The van der Waals surface area contributed by atoms with Gasteiger partial charge in [0.05, 0.1) is 35.6 Å². The van der Waals surface area contributed by atoms with Gasteiger partial charge >= 0.3 is 5.97 Å². The summed E-state index contributed by atoms with van der Waals surface area (Å²) < 4.78 is 5.44. The average molecular weight is 573 g/mol. The standard InChI is InChI=1S/C30H37ClN2O5S/c1-20(34)38-32-26(19-22-6-4-5-7-27(22)35)21-8-11-24(12-9-21)39-28-13-10-23(18-25(28)31)29(36)30(2,3)33-14-16-37-17-15-33/h8-13,18,22,27,35H,4-7,14-17,19H2,1-3H3/b32-26+. The number of nitrogens with zero attached hydrogens (tertiary/aromatic N) is 2. The minimum Gasteiger partial charge on any atom is -0.393 e. The molecule has 1 N–H and O–H groups in total. The SMILES string of the molecule is CC(=O)O/N=C(\CC1CCCCC1O)c1ccc(Sc2ccc(C(=O)C(C)(C)N3CCOCC3)cc2Cl)cc1. The lowest BCUT2D eigenvalue weighted by molar-refractivity contribution is -0.140. The van der Waals surface area contributed by atoms with Crippen LogP contribution in [0.1, 0.15) is 68.8 Å². The van der Waals surface area contributed by atoms with Crippen molar-refractivity contribution < 1.29 is 24.3 Å². The Kier molecular flexibility index (Phi) is 10.2. The molecular weight excluding hydrogens is 536 g/mol. The van der Waals surface area contributed by atoms with Crippen LogP contribution >= 0.6 is 23.4 Å². The number of carbonyl (C=O) groups is 2. The molecule has 1 aliphatic heterocycles. The van der Waals surface area contributed by atoms with Crippen molar-refractivity contribution in [3.05, 3.63) is 58.6 Å². The highest BCUT2D eigenvalue weighted by molar-refractivity contribution is 7.99. The minimum absolute atomic E-state index is 0.0369. The van der Waals surface area contributed by atoms with Crippen LogP contribution < -0.4 is 0 Å². The number of benzene rings is 2. The van der Waals surface area contributed by atoms with E-state index >= 15 is 0 Å². The van der Waals surface area contributed by atoms with Gasteiger partial charge in [-0.15, -0.1) is 0 Å². The Bertz CT molecular complexity index is 1190. The Balaban J connectivity index is 1.46. The Morgan fingerprint density at radius 3 is 2.41 bits per heavy atom. The van der Waals surface area contributed by atoms with Crippen LogP contribution in [-0.4, -0.2) is 65.4 Å². The Morgan fingerprint density at radius 2 is 1.77 bits per heavy atom. The average Bonchev–Trinajstić information content (AvgIpc) is 2.93. The molecule has 0 spiro atoms. The van der Waals surface area contributed by atoms with Crippen molar-refractivity contribution in [3.8, 4) is 0 Å². The summed E-state index contributed by atoms with van der Waals surface area (Å²) in [4.78, 5) is 33.7. The van der Waals surface area contributed by atoms with Crippen LogP contribution in [0, 0.1) is 5.92 Å². The summed E-state index contributed by atoms with van der Waals surface area (Å²) in [5.74, 6) is -0.348. The van der Waals surface area contributed by atoms with E-state index in [1.165, 1.54) is 18.7 Å². The molecule has 1 saturated heterocycles. The van der Waals surface area contributed by atoms with Gasteiger partial charge in [0.25, 0.3) is 0 Å². The van der Waals surface area contributed by atoms with Crippen LogP contribution in [0.2, 0.25) is 5.02 Å². The molecule has 7 nitrogen and oxygen atoms in total.